The maximum absolute atomic E-state index is 10.7. The fraction of sp³-hybridized carbons (Fsp3) is 0. The minimum Gasteiger partial charge on any atom is -0.410 e. The first-order chi connectivity index (χ1) is 7.52. The van der Waals surface area contributed by atoms with Crippen LogP contribution in [0.2, 0.25) is 0 Å². The molecule has 0 saturated heterocycles. The fourth-order valence-corrected chi connectivity index (χ4v) is 1.28. The van der Waals surface area contributed by atoms with E-state index in [-0.39, 0.29) is 11.0 Å². The second kappa shape index (κ2) is 3.12. The molecule has 2 aromatic rings. The summed E-state index contributed by atoms with van der Waals surface area (Å²) in [5.41, 5.74) is -1.89. The van der Waals surface area contributed by atoms with Crippen LogP contribution in [0.25, 0.3) is 11.0 Å². The molecule has 0 amide bonds. The molecular weight excluding hydrogens is 222 g/mol. The van der Waals surface area contributed by atoms with Crippen molar-refractivity contribution >= 4 is 22.4 Å². The van der Waals surface area contributed by atoms with E-state index in [1.807, 2.05) is 0 Å². The molecule has 10 nitrogen and oxygen atoms in total. The van der Waals surface area contributed by atoms with E-state index in [0.29, 0.717) is 4.85 Å². The topological polar surface area (TPSA) is 137 Å². The number of nitro groups is 2. The summed E-state index contributed by atoms with van der Waals surface area (Å²) in [6, 6.07) is 2.04. The van der Waals surface area contributed by atoms with E-state index >= 15 is 0 Å². The first-order valence-corrected chi connectivity index (χ1v) is 3.89. The maximum atomic E-state index is 10.7. The molecule has 0 saturated carbocycles. The van der Waals surface area contributed by atoms with Crippen LogP contribution < -0.4 is 0 Å². The molecule has 0 aliphatic rings. The van der Waals surface area contributed by atoms with Crippen LogP contribution in [0.5, 0.6) is 0 Å². The third kappa shape index (κ3) is 1.20. The average molecular weight is 225 g/mol. The van der Waals surface area contributed by atoms with E-state index < -0.39 is 21.2 Å². The van der Waals surface area contributed by atoms with Gasteiger partial charge in [-0.1, -0.05) is 4.85 Å². The van der Waals surface area contributed by atoms with Gasteiger partial charge in [-0.15, -0.1) is 5.10 Å². The van der Waals surface area contributed by atoms with E-state index in [1.165, 1.54) is 0 Å². The van der Waals surface area contributed by atoms with Gasteiger partial charge in [-0.05, 0) is 11.3 Å². The minimum atomic E-state index is -0.935. The predicted octanol–water partition coefficient (Wildman–Crippen LogP) is 0.485. The monoisotopic (exact) mass is 225 g/mol. The van der Waals surface area contributed by atoms with Crippen molar-refractivity contribution in [1.82, 2.24) is 15.2 Å². The molecule has 1 aromatic carbocycles. The van der Waals surface area contributed by atoms with E-state index in [2.05, 4.69) is 10.3 Å². The Kier molecular flexibility index (Phi) is 1.90. The van der Waals surface area contributed by atoms with Crippen LogP contribution >= 0.6 is 0 Å². The normalized spacial score (nSPS) is 10.5. The van der Waals surface area contributed by atoms with Gasteiger partial charge in [0.1, 0.15) is 5.52 Å². The maximum Gasteiger partial charge on any atom is 0.375 e. The van der Waals surface area contributed by atoms with E-state index in [4.69, 9.17) is 5.21 Å². The molecule has 1 heterocycles. The Morgan fingerprint density at radius 2 is 1.94 bits per heavy atom. The van der Waals surface area contributed by atoms with Crippen molar-refractivity contribution in [2.75, 3.05) is 0 Å². The molecule has 10 heteroatoms. The van der Waals surface area contributed by atoms with Crippen LogP contribution in [0.15, 0.2) is 12.1 Å². The Morgan fingerprint density at radius 3 is 2.50 bits per heavy atom. The lowest BCUT2D eigenvalue weighted by Gasteiger charge is -1.94. The summed E-state index contributed by atoms with van der Waals surface area (Å²) in [7, 11) is 0. The molecule has 0 aliphatic carbocycles. The number of aromatic nitrogens is 3. The fourth-order valence-electron chi connectivity index (χ4n) is 1.28. The molecule has 82 valence electrons. The number of nitrogens with zero attached hydrogens (tertiary/aromatic N) is 5. The predicted molar refractivity (Wildman–Crippen MR) is 48.0 cm³/mol. The number of hydrogen-bond donors (Lipinski definition) is 1. The van der Waals surface area contributed by atoms with Crippen LogP contribution in [-0.2, 0) is 0 Å². The van der Waals surface area contributed by atoms with Crippen LogP contribution in [0.1, 0.15) is 0 Å². The molecule has 0 bridgehead atoms. The van der Waals surface area contributed by atoms with Gasteiger partial charge >= 0.3 is 11.4 Å². The summed E-state index contributed by atoms with van der Waals surface area (Å²) in [5.74, 6) is 0. The van der Waals surface area contributed by atoms with Crippen molar-refractivity contribution in [2.24, 2.45) is 0 Å². The van der Waals surface area contributed by atoms with E-state index in [0.717, 1.165) is 12.1 Å². The third-order valence-electron chi connectivity index (χ3n) is 1.93. The smallest absolute Gasteiger partial charge is 0.375 e. The van der Waals surface area contributed by atoms with Crippen LogP contribution in [-0.4, -0.2) is 30.2 Å². The van der Waals surface area contributed by atoms with Crippen molar-refractivity contribution in [1.29, 1.82) is 0 Å². The Hall–Kier alpha value is -2.78. The zero-order valence-electron chi connectivity index (χ0n) is 7.47. The Balaban J connectivity index is 2.90. The number of nitro benzene ring substituents is 2. The minimum absolute atomic E-state index is 0.0719. The van der Waals surface area contributed by atoms with Crippen molar-refractivity contribution in [3.8, 4) is 0 Å². The molecule has 0 atom stereocenters. The highest BCUT2D eigenvalue weighted by molar-refractivity contribution is 5.88. The second-order valence-electron chi connectivity index (χ2n) is 2.79. The van der Waals surface area contributed by atoms with Gasteiger partial charge in [0, 0.05) is 6.07 Å². The van der Waals surface area contributed by atoms with Crippen LogP contribution in [0.3, 0.4) is 0 Å². The number of hydrogen-bond acceptors (Lipinski definition) is 7. The molecule has 0 unspecified atom stereocenters. The lowest BCUT2D eigenvalue weighted by molar-refractivity contribution is -0.421. The largest absolute Gasteiger partial charge is 0.410 e. The van der Waals surface area contributed by atoms with Gasteiger partial charge in [-0.2, -0.15) is 0 Å². The van der Waals surface area contributed by atoms with Crippen molar-refractivity contribution in [2.45, 2.75) is 0 Å². The highest BCUT2D eigenvalue weighted by atomic mass is 16.6. The quantitative estimate of drug-likeness (QED) is 0.445. The van der Waals surface area contributed by atoms with E-state index in [9.17, 15) is 20.2 Å². The molecule has 1 aromatic heterocycles. The van der Waals surface area contributed by atoms with Gasteiger partial charge < -0.3 is 5.21 Å². The van der Waals surface area contributed by atoms with Gasteiger partial charge in [-0.25, -0.2) is 0 Å². The van der Waals surface area contributed by atoms with Gasteiger partial charge in [0.15, 0.2) is 0 Å². The summed E-state index contributed by atoms with van der Waals surface area (Å²) in [5, 5.41) is 36.8. The molecular formula is C6H3N5O5. The Labute approximate surface area is 86.0 Å². The molecule has 1 N–H and O–H groups in total. The van der Waals surface area contributed by atoms with Gasteiger partial charge in [0.25, 0.3) is 0 Å². The number of fused-ring (bicyclic) bond motifs is 1. The first kappa shape index (κ1) is 9.76. The summed E-state index contributed by atoms with van der Waals surface area (Å²) < 4.78 is 0. The number of rotatable bonds is 2. The zero-order chi connectivity index (χ0) is 11.9. The first-order valence-electron chi connectivity index (χ1n) is 3.89. The van der Waals surface area contributed by atoms with Crippen molar-refractivity contribution < 1.29 is 15.1 Å². The van der Waals surface area contributed by atoms with Crippen molar-refractivity contribution in [3.05, 3.63) is 32.4 Å². The van der Waals surface area contributed by atoms with Gasteiger partial charge in [0.2, 0.25) is 5.52 Å². The highest BCUT2D eigenvalue weighted by Crippen LogP contribution is 2.32. The van der Waals surface area contributed by atoms with Gasteiger partial charge in [-0.3, -0.25) is 20.2 Å². The van der Waals surface area contributed by atoms with Crippen molar-refractivity contribution in [3.63, 3.8) is 0 Å². The SMILES string of the molecule is O=[N+]([O-])c1ccc2c(nnn2O)c1[N+](=O)[O-]. The standard InChI is InChI=1S/C6H3N5O5/c12-9-3-1-2-4(10(13)14)6(11(15)16)5(3)7-8-9/h1-2,12H. The Bertz CT molecular complexity index is 605. The average Bonchev–Trinajstić information content (AvgIpc) is 2.58. The van der Waals surface area contributed by atoms with E-state index in [1.54, 1.807) is 0 Å². The lowest BCUT2D eigenvalue weighted by Crippen LogP contribution is -1.98. The third-order valence-corrected chi connectivity index (χ3v) is 1.93. The Morgan fingerprint density at radius 1 is 1.25 bits per heavy atom. The molecule has 0 fully saturated rings. The van der Waals surface area contributed by atoms with Crippen LogP contribution in [0.4, 0.5) is 11.4 Å². The summed E-state index contributed by atoms with van der Waals surface area (Å²) in [6.07, 6.45) is 0. The molecule has 16 heavy (non-hydrogen) atoms. The number of benzene rings is 1. The summed E-state index contributed by atoms with van der Waals surface area (Å²) >= 11 is 0. The molecule has 0 radical (unpaired) electrons. The second-order valence-corrected chi connectivity index (χ2v) is 2.79. The van der Waals surface area contributed by atoms with Gasteiger partial charge in [0.05, 0.1) is 9.85 Å². The summed E-state index contributed by atoms with van der Waals surface area (Å²) in [6.45, 7) is 0. The zero-order valence-corrected chi connectivity index (χ0v) is 7.47. The lowest BCUT2D eigenvalue weighted by atomic mass is 10.2. The molecule has 2 rings (SSSR count). The summed E-state index contributed by atoms with van der Waals surface area (Å²) in [4.78, 5) is 19.7. The molecule has 0 spiro atoms. The highest BCUT2D eigenvalue weighted by Gasteiger charge is 2.30. The van der Waals surface area contributed by atoms with Crippen LogP contribution in [0, 0.1) is 20.2 Å². The molecule has 0 aliphatic heterocycles.